The van der Waals surface area contributed by atoms with E-state index in [9.17, 15) is 0 Å². The Bertz CT molecular complexity index is 1300. The fourth-order valence-corrected chi connectivity index (χ4v) is 5.02. The van der Waals surface area contributed by atoms with Gasteiger partial charge in [-0.2, -0.15) is 0 Å². The van der Waals surface area contributed by atoms with Crippen molar-refractivity contribution >= 4 is 21.8 Å². The molecule has 1 aromatic heterocycles. The van der Waals surface area contributed by atoms with Gasteiger partial charge < -0.3 is 15.2 Å². The van der Waals surface area contributed by atoms with Crippen LogP contribution in [0.3, 0.4) is 0 Å². The molecule has 3 nitrogen and oxygen atoms in total. The van der Waals surface area contributed by atoms with Crippen LogP contribution >= 0.6 is 0 Å². The van der Waals surface area contributed by atoms with E-state index in [-0.39, 0.29) is 0 Å². The Hall–Kier alpha value is -3.40. The first-order valence-corrected chi connectivity index (χ1v) is 12.7. The molecule has 3 heteroatoms. The van der Waals surface area contributed by atoms with Gasteiger partial charge in [0.25, 0.3) is 0 Å². The standard InChI is InChI=1S/C32H35N3/c1-4-35-31-17-15-25(21-33-23(2)27-11-7-5-8-12-27)19-29(31)30-20-26(16-18-32(30)35)22-34-24(3)28-13-9-6-10-14-28/h5-20,23-24,33-34H,4,21-22H2,1-3H3. The highest BCUT2D eigenvalue weighted by Gasteiger charge is 2.12. The van der Waals surface area contributed by atoms with Crippen molar-refractivity contribution in [3.8, 4) is 0 Å². The lowest BCUT2D eigenvalue weighted by molar-refractivity contribution is 0.575. The third-order valence-electron chi connectivity index (χ3n) is 7.13. The molecule has 178 valence electrons. The summed E-state index contributed by atoms with van der Waals surface area (Å²) in [7, 11) is 0. The molecule has 0 aliphatic rings. The van der Waals surface area contributed by atoms with Gasteiger partial charge in [-0.3, -0.25) is 0 Å². The monoisotopic (exact) mass is 461 g/mol. The van der Waals surface area contributed by atoms with Crippen molar-refractivity contribution in [1.29, 1.82) is 0 Å². The third kappa shape index (κ3) is 5.02. The van der Waals surface area contributed by atoms with Crippen molar-refractivity contribution in [2.24, 2.45) is 0 Å². The number of hydrogen-bond donors (Lipinski definition) is 2. The smallest absolute Gasteiger partial charge is 0.0491 e. The van der Waals surface area contributed by atoms with E-state index < -0.39 is 0 Å². The van der Waals surface area contributed by atoms with Gasteiger partial charge in [0.15, 0.2) is 0 Å². The topological polar surface area (TPSA) is 29.0 Å². The van der Waals surface area contributed by atoms with E-state index in [1.807, 2.05) is 0 Å². The Morgan fingerprint density at radius 1 is 0.600 bits per heavy atom. The number of benzene rings is 4. The summed E-state index contributed by atoms with van der Waals surface area (Å²) in [5.74, 6) is 0. The van der Waals surface area contributed by atoms with Gasteiger partial charge in [-0.1, -0.05) is 72.8 Å². The number of hydrogen-bond acceptors (Lipinski definition) is 2. The molecule has 2 N–H and O–H groups in total. The second kappa shape index (κ2) is 10.5. The molecule has 1 heterocycles. The molecule has 0 spiro atoms. The summed E-state index contributed by atoms with van der Waals surface area (Å²) in [4.78, 5) is 0. The molecule has 5 aromatic rings. The first kappa shape index (κ1) is 23.3. The molecule has 5 rings (SSSR count). The van der Waals surface area contributed by atoms with Gasteiger partial charge in [-0.05, 0) is 67.3 Å². The van der Waals surface area contributed by atoms with Crippen LogP contribution in [-0.4, -0.2) is 4.57 Å². The molecule has 0 saturated carbocycles. The van der Waals surface area contributed by atoms with Crippen molar-refractivity contribution in [1.82, 2.24) is 15.2 Å². The number of nitrogens with zero attached hydrogens (tertiary/aromatic N) is 1. The van der Waals surface area contributed by atoms with Crippen molar-refractivity contribution in [2.45, 2.75) is 52.5 Å². The fourth-order valence-electron chi connectivity index (χ4n) is 5.02. The maximum Gasteiger partial charge on any atom is 0.0491 e. The van der Waals surface area contributed by atoms with E-state index in [0.717, 1.165) is 19.6 Å². The van der Waals surface area contributed by atoms with E-state index in [4.69, 9.17) is 0 Å². The molecule has 2 unspecified atom stereocenters. The quantitative estimate of drug-likeness (QED) is 0.238. The minimum Gasteiger partial charge on any atom is -0.341 e. The van der Waals surface area contributed by atoms with Crippen LogP contribution in [0, 0.1) is 0 Å². The highest BCUT2D eigenvalue weighted by molar-refractivity contribution is 6.08. The Kier molecular flexibility index (Phi) is 6.98. The molecular weight excluding hydrogens is 426 g/mol. The average Bonchev–Trinajstić information content (AvgIpc) is 3.23. The molecule has 0 amide bonds. The number of aryl methyl sites for hydroxylation is 1. The van der Waals surface area contributed by atoms with E-state index in [2.05, 4.69) is 133 Å². The first-order valence-electron chi connectivity index (χ1n) is 12.7. The molecule has 2 atom stereocenters. The van der Waals surface area contributed by atoms with Gasteiger partial charge in [-0.25, -0.2) is 0 Å². The second-order valence-corrected chi connectivity index (χ2v) is 9.47. The number of aromatic nitrogens is 1. The molecule has 0 aliphatic carbocycles. The summed E-state index contributed by atoms with van der Waals surface area (Å²) in [6.07, 6.45) is 0. The van der Waals surface area contributed by atoms with Crippen molar-refractivity contribution < 1.29 is 0 Å². The van der Waals surface area contributed by atoms with Crippen LogP contribution in [-0.2, 0) is 19.6 Å². The summed E-state index contributed by atoms with van der Waals surface area (Å²) in [6, 6.07) is 35.8. The molecule has 0 fully saturated rings. The van der Waals surface area contributed by atoms with Gasteiger partial charge in [0.2, 0.25) is 0 Å². The summed E-state index contributed by atoms with van der Waals surface area (Å²) >= 11 is 0. The third-order valence-corrected chi connectivity index (χ3v) is 7.13. The molecule has 35 heavy (non-hydrogen) atoms. The lowest BCUT2D eigenvalue weighted by Gasteiger charge is -2.14. The normalized spacial score (nSPS) is 13.3. The highest BCUT2D eigenvalue weighted by atomic mass is 15.0. The van der Waals surface area contributed by atoms with Gasteiger partial charge in [0, 0.05) is 53.5 Å². The Balaban J connectivity index is 1.39. The highest BCUT2D eigenvalue weighted by Crippen LogP contribution is 2.31. The second-order valence-electron chi connectivity index (χ2n) is 9.47. The summed E-state index contributed by atoms with van der Waals surface area (Å²) in [5, 5.41) is 10.1. The summed E-state index contributed by atoms with van der Waals surface area (Å²) < 4.78 is 2.43. The Morgan fingerprint density at radius 2 is 1.03 bits per heavy atom. The molecule has 0 bridgehead atoms. The van der Waals surface area contributed by atoms with E-state index in [1.54, 1.807) is 0 Å². The van der Waals surface area contributed by atoms with Gasteiger partial charge in [0.1, 0.15) is 0 Å². The summed E-state index contributed by atoms with van der Waals surface area (Å²) in [6.45, 7) is 9.35. The minimum atomic E-state index is 0.313. The van der Waals surface area contributed by atoms with E-state index in [1.165, 1.54) is 44.1 Å². The molecule has 4 aromatic carbocycles. The Morgan fingerprint density at radius 3 is 1.43 bits per heavy atom. The largest absolute Gasteiger partial charge is 0.341 e. The molecule has 0 saturated heterocycles. The number of fused-ring (bicyclic) bond motifs is 3. The van der Waals surface area contributed by atoms with Crippen LogP contribution in [0.4, 0.5) is 0 Å². The predicted molar refractivity (Wildman–Crippen MR) is 149 cm³/mol. The minimum absolute atomic E-state index is 0.313. The van der Waals surface area contributed by atoms with E-state index >= 15 is 0 Å². The maximum atomic E-state index is 3.69. The molecule has 0 radical (unpaired) electrons. The Labute approximate surface area is 208 Å². The zero-order chi connectivity index (χ0) is 24.2. The SMILES string of the molecule is CCn1c2ccc(CNC(C)c3ccccc3)cc2c2cc(CNC(C)c3ccccc3)ccc21. The van der Waals surface area contributed by atoms with E-state index in [0.29, 0.717) is 12.1 Å². The summed E-state index contributed by atoms with van der Waals surface area (Å²) in [5.41, 5.74) is 7.89. The van der Waals surface area contributed by atoms with Crippen LogP contribution in [0.1, 0.15) is 55.1 Å². The number of rotatable bonds is 9. The number of nitrogens with one attached hydrogen (secondary N) is 2. The molecule has 0 aliphatic heterocycles. The van der Waals surface area contributed by atoms with Crippen LogP contribution in [0.15, 0.2) is 97.1 Å². The van der Waals surface area contributed by atoms with Gasteiger partial charge in [-0.15, -0.1) is 0 Å². The van der Waals surface area contributed by atoms with Crippen molar-refractivity contribution in [3.63, 3.8) is 0 Å². The van der Waals surface area contributed by atoms with Crippen LogP contribution < -0.4 is 10.6 Å². The van der Waals surface area contributed by atoms with Crippen LogP contribution in [0.25, 0.3) is 21.8 Å². The first-order chi connectivity index (χ1) is 17.1. The zero-order valence-corrected chi connectivity index (χ0v) is 21.0. The van der Waals surface area contributed by atoms with Gasteiger partial charge >= 0.3 is 0 Å². The molecular formula is C32H35N3. The van der Waals surface area contributed by atoms with Crippen LogP contribution in [0.2, 0.25) is 0 Å². The lowest BCUT2D eigenvalue weighted by atomic mass is 10.1. The zero-order valence-electron chi connectivity index (χ0n) is 21.0. The van der Waals surface area contributed by atoms with Gasteiger partial charge in [0.05, 0.1) is 0 Å². The lowest BCUT2D eigenvalue weighted by Crippen LogP contribution is -2.18. The van der Waals surface area contributed by atoms with Crippen LogP contribution in [0.5, 0.6) is 0 Å². The predicted octanol–water partition coefficient (Wildman–Crippen LogP) is 7.52. The fraction of sp³-hybridized carbons (Fsp3) is 0.250. The maximum absolute atomic E-state index is 3.69. The van der Waals surface area contributed by atoms with Crippen molar-refractivity contribution in [3.05, 3.63) is 119 Å². The average molecular weight is 462 g/mol. The van der Waals surface area contributed by atoms with Crippen molar-refractivity contribution in [2.75, 3.05) is 0 Å².